The minimum atomic E-state index is -0.0999. The number of nitrogens with zero attached hydrogens (tertiary/aromatic N) is 1. The molecule has 0 radical (unpaired) electrons. The van der Waals surface area contributed by atoms with Gasteiger partial charge in [0.05, 0.1) is 0 Å². The highest BCUT2D eigenvalue weighted by Crippen LogP contribution is 2.24. The third-order valence-corrected chi connectivity index (χ3v) is 4.43. The molecule has 1 aromatic carbocycles. The van der Waals surface area contributed by atoms with E-state index in [1.807, 2.05) is 19.2 Å². The molecular formula is C17H27FN2. The fourth-order valence-corrected chi connectivity index (χ4v) is 3.28. The molecule has 0 spiro atoms. The van der Waals surface area contributed by atoms with Crippen LogP contribution >= 0.6 is 0 Å². The first-order chi connectivity index (χ1) is 9.74. The molecule has 2 nitrogen and oxygen atoms in total. The molecule has 0 saturated carbocycles. The van der Waals surface area contributed by atoms with Crippen molar-refractivity contribution in [3.05, 3.63) is 35.6 Å². The molecule has 1 aliphatic heterocycles. The van der Waals surface area contributed by atoms with Crippen LogP contribution in [0.3, 0.4) is 0 Å². The highest BCUT2D eigenvalue weighted by atomic mass is 19.1. The van der Waals surface area contributed by atoms with E-state index in [2.05, 4.69) is 17.1 Å². The Labute approximate surface area is 122 Å². The van der Waals surface area contributed by atoms with Gasteiger partial charge in [-0.05, 0) is 51.4 Å². The van der Waals surface area contributed by atoms with Crippen LogP contribution in [0.1, 0.15) is 44.2 Å². The first-order valence-electron chi connectivity index (χ1n) is 7.88. The van der Waals surface area contributed by atoms with E-state index in [0.29, 0.717) is 0 Å². The first kappa shape index (κ1) is 15.5. The van der Waals surface area contributed by atoms with E-state index in [-0.39, 0.29) is 11.9 Å². The van der Waals surface area contributed by atoms with E-state index >= 15 is 0 Å². The van der Waals surface area contributed by atoms with Gasteiger partial charge in [0.15, 0.2) is 0 Å². The summed E-state index contributed by atoms with van der Waals surface area (Å²) in [4.78, 5) is 2.53. The summed E-state index contributed by atoms with van der Waals surface area (Å²) in [5.74, 6) is 0.777. The van der Waals surface area contributed by atoms with Crippen LogP contribution < -0.4 is 5.32 Å². The standard InChI is InChI=1S/C17H27FN2/c1-3-6-14-9-11-20(13-14)12-10-17(19-2)15-7-4-5-8-16(15)18/h4-5,7-8,14,17,19H,3,6,9-13H2,1-2H3. The molecule has 112 valence electrons. The number of nitrogens with one attached hydrogen (secondary N) is 1. The van der Waals surface area contributed by atoms with Crippen LogP contribution in [0.15, 0.2) is 24.3 Å². The Kier molecular flexibility index (Phi) is 5.99. The fraction of sp³-hybridized carbons (Fsp3) is 0.647. The van der Waals surface area contributed by atoms with Crippen LogP contribution in [-0.4, -0.2) is 31.6 Å². The predicted molar refractivity (Wildman–Crippen MR) is 82.3 cm³/mol. The molecule has 2 atom stereocenters. The van der Waals surface area contributed by atoms with Crippen molar-refractivity contribution in [2.45, 2.75) is 38.6 Å². The molecule has 1 aromatic rings. The van der Waals surface area contributed by atoms with Crippen molar-refractivity contribution < 1.29 is 4.39 Å². The van der Waals surface area contributed by atoms with Crippen molar-refractivity contribution in [2.24, 2.45) is 5.92 Å². The Morgan fingerprint density at radius 1 is 1.40 bits per heavy atom. The summed E-state index contributed by atoms with van der Waals surface area (Å²) in [5.41, 5.74) is 0.791. The van der Waals surface area contributed by atoms with Gasteiger partial charge < -0.3 is 10.2 Å². The molecule has 20 heavy (non-hydrogen) atoms. The van der Waals surface area contributed by atoms with Gasteiger partial charge in [0, 0.05) is 18.2 Å². The lowest BCUT2D eigenvalue weighted by molar-refractivity contribution is 0.298. The third-order valence-electron chi connectivity index (χ3n) is 4.43. The zero-order valence-corrected chi connectivity index (χ0v) is 12.7. The Hall–Kier alpha value is -0.930. The second kappa shape index (κ2) is 7.75. The van der Waals surface area contributed by atoms with Crippen LogP contribution in [0.2, 0.25) is 0 Å². The van der Waals surface area contributed by atoms with Crippen molar-refractivity contribution in [2.75, 3.05) is 26.7 Å². The van der Waals surface area contributed by atoms with Gasteiger partial charge in [-0.1, -0.05) is 31.5 Å². The van der Waals surface area contributed by atoms with E-state index in [0.717, 1.165) is 24.4 Å². The van der Waals surface area contributed by atoms with Gasteiger partial charge in [-0.25, -0.2) is 4.39 Å². The van der Waals surface area contributed by atoms with E-state index in [1.165, 1.54) is 32.4 Å². The van der Waals surface area contributed by atoms with Gasteiger partial charge in [0.1, 0.15) is 5.82 Å². The molecule has 0 aliphatic carbocycles. The minimum Gasteiger partial charge on any atom is -0.313 e. The lowest BCUT2D eigenvalue weighted by Crippen LogP contribution is -2.27. The number of hydrogen-bond donors (Lipinski definition) is 1. The monoisotopic (exact) mass is 278 g/mol. The average molecular weight is 278 g/mol. The summed E-state index contributed by atoms with van der Waals surface area (Å²) >= 11 is 0. The third kappa shape index (κ3) is 4.03. The molecule has 0 aromatic heterocycles. The topological polar surface area (TPSA) is 15.3 Å². The van der Waals surface area contributed by atoms with Crippen molar-refractivity contribution in [1.82, 2.24) is 10.2 Å². The summed E-state index contributed by atoms with van der Waals surface area (Å²) in [6, 6.07) is 7.21. The van der Waals surface area contributed by atoms with E-state index in [1.54, 1.807) is 12.1 Å². The summed E-state index contributed by atoms with van der Waals surface area (Å²) in [7, 11) is 1.92. The minimum absolute atomic E-state index is 0.0999. The van der Waals surface area contributed by atoms with Gasteiger partial charge in [0.2, 0.25) is 0 Å². The number of halogens is 1. The number of benzene rings is 1. The van der Waals surface area contributed by atoms with E-state index in [9.17, 15) is 4.39 Å². The van der Waals surface area contributed by atoms with E-state index < -0.39 is 0 Å². The van der Waals surface area contributed by atoms with Crippen LogP contribution in [0.4, 0.5) is 4.39 Å². The molecule has 2 unspecified atom stereocenters. The molecule has 0 amide bonds. The van der Waals surface area contributed by atoms with Crippen molar-refractivity contribution in [1.29, 1.82) is 0 Å². The number of hydrogen-bond acceptors (Lipinski definition) is 2. The molecule has 0 bridgehead atoms. The zero-order chi connectivity index (χ0) is 14.4. The summed E-state index contributed by atoms with van der Waals surface area (Å²) in [6.07, 6.45) is 4.93. The second-order valence-corrected chi connectivity index (χ2v) is 5.90. The Balaban J connectivity index is 1.85. The Morgan fingerprint density at radius 2 is 2.20 bits per heavy atom. The van der Waals surface area contributed by atoms with Gasteiger partial charge in [-0.2, -0.15) is 0 Å². The summed E-state index contributed by atoms with van der Waals surface area (Å²) < 4.78 is 13.8. The average Bonchev–Trinajstić information content (AvgIpc) is 2.89. The van der Waals surface area contributed by atoms with Crippen LogP contribution in [0, 0.1) is 11.7 Å². The largest absolute Gasteiger partial charge is 0.313 e. The summed E-state index contributed by atoms with van der Waals surface area (Å²) in [6.45, 7) is 5.75. The predicted octanol–water partition coefficient (Wildman–Crippen LogP) is 3.60. The highest BCUT2D eigenvalue weighted by molar-refractivity contribution is 5.21. The van der Waals surface area contributed by atoms with E-state index in [4.69, 9.17) is 0 Å². The summed E-state index contributed by atoms with van der Waals surface area (Å²) in [5, 5.41) is 3.25. The molecule has 1 aliphatic rings. The van der Waals surface area contributed by atoms with Gasteiger partial charge in [0.25, 0.3) is 0 Å². The zero-order valence-electron chi connectivity index (χ0n) is 12.7. The van der Waals surface area contributed by atoms with Crippen molar-refractivity contribution in [3.8, 4) is 0 Å². The molecule has 1 N–H and O–H groups in total. The lowest BCUT2D eigenvalue weighted by Gasteiger charge is -2.22. The molecule has 2 rings (SSSR count). The van der Waals surface area contributed by atoms with Gasteiger partial charge in [-0.15, -0.1) is 0 Å². The smallest absolute Gasteiger partial charge is 0.127 e. The SMILES string of the molecule is CCCC1CCN(CCC(NC)c2ccccc2F)C1. The van der Waals surface area contributed by atoms with Crippen LogP contribution in [0.5, 0.6) is 0 Å². The first-order valence-corrected chi connectivity index (χ1v) is 7.88. The van der Waals surface area contributed by atoms with Crippen LogP contribution in [0.25, 0.3) is 0 Å². The molecule has 3 heteroatoms. The Morgan fingerprint density at radius 3 is 2.90 bits per heavy atom. The van der Waals surface area contributed by atoms with Crippen LogP contribution in [-0.2, 0) is 0 Å². The number of rotatable bonds is 7. The van der Waals surface area contributed by atoms with Crippen molar-refractivity contribution >= 4 is 0 Å². The highest BCUT2D eigenvalue weighted by Gasteiger charge is 2.22. The maximum atomic E-state index is 13.8. The molecule has 1 saturated heterocycles. The maximum Gasteiger partial charge on any atom is 0.127 e. The molecule has 1 fully saturated rings. The quantitative estimate of drug-likeness (QED) is 0.820. The second-order valence-electron chi connectivity index (χ2n) is 5.90. The fourth-order valence-electron chi connectivity index (χ4n) is 3.28. The normalized spacial score (nSPS) is 21.2. The number of likely N-dealkylation sites (tertiary alicyclic amines) is 1. The lowest BCUT2D eigenvalue weighted by atomic mass is 10.0. The molecule has 1 heterocycles. The van der Waals surface area contributed by atoms with Crippen molar-refractivity contribution in [3.63, 3.8) is 0 Å². The molecular weight excluding hydrogens is 251 g/mol. The van der Waals surface area contributed by atoms with Gasteiger partial charge >= 0.3 is 0 Å². The van der Waals surface area contributed by atoms with Gasteiger partial charge in [-0.3, -0.25) is 0 Å². The maximum absolute atomic E-state index is 13.8. The Bertz CT molecular complexity index is 408.